The molecule has 2 aliphatic heterocycles. The Labute approximate surface area is 263 Å². The Bertz CT molecular complexity index is 1660. The fourth-order valence-electron chi connectivity index (χ4n) is 5.67. The van der Waals surface area contributed by atoms with Crippen LogP contribution in [0, 0.1) is 11.6 Å². The average Bonchev–Trinajstić information content (AvgIpc) is 3.03. The fourth-order valence-corrected chi connectivity index (χ4v) is 9.59. The number of ether oxygens (including phenoxy) is 5. The number of esters is 1. The van der Waals surface area contributed by atoms with Crippen LogP contribution in [0.2, 0.25) is 13.1 Å². The van der Waals surface area contributed by atoms with E-state index in [4.69, 9.17) is 28.1 Å². The summed E-state index contributed by atoms with van der Waals surface area (Å²) in [5.74, 6) is -2.55. The molecule has 11 heteroatoms. The number of halogens is 3. The molecule has 0 aliphatic carbocycles. The Morgan fingerprint density at radius 2 is 1.59 bits per heavy atom. The van der Waals surface area contributed by atoms with Crippen LogP contribution in [0.25, 0.3) is 10.8 Å². The van der Waals surface area contributed by atoms with E-state index in [9.17, 15) is 13.6 Å². The largest absolute Gasteiger partial charge is 0.453 e. The standard InChI is InChI=1S/C33H31BrF2O7Si/c1-38-33-30(43-44(2,3)27-17-25(36)24(35)16-23(27)34)29(41-31(37)22-14-13-19-9-7-8-12-21(19)15-22)28-26(40-33)18-39-32(42-28)20-10-5-4-6-11-20/h4-17,26,28-30,32-33H,18H2,1-3H3/t26-,28-,29+,30+,32-,33+/m1/s1. The molecule has 0 radical (unpaired) electrons. The van der Waals surface area contributed by atoms with Gasteiger partial charge in [-0.15, -0.1) is 0 Å². The SMILES string of the molecule is CO[C@H]1O[C@@H]2CO[C@@H](c3ccccc3)O[C@H]2[C@H](OC(=O)c2ccc3ccccc3c2)[C@@H]1O[Si](C)(C)c1cc(F)c(F)cc1Br. The first-order chi connectivity index (χ1) is 21.1. The summed E-state index contributed by atoms with van der Waals surface area (Å²) in [5, 5.41) is 2.35. The zero-order valence-electron chi connectivity index (χ0n) is 24.2. The number of carbonyl (C=O) groups excluding carboxylic acids is 1. The molecule has 7 nitrogen and oxygen atoms in total. The lowest BCUT2D eigenvalue weighted by atomic mass is 9.97. The second-order valence-electron chi connectivity index (χ2n) is 11.2. The van der Waals surface area contributed by atoms with Crippen molar-refractivity contribution in [3.8, 4) is 0 Å². The summed E-state index contributed by atoms with van der Waals surface area (Å²) in [6, 6.07) is 24.7. The monoisotopic (exact) mass is 684 g/mol. The van der Waals surface area contributed by atoms with E-state index in [1.807, 2.05) is 73.8 Å². The highest BCUT2D eigenvalue weighted by Crippen LogP contribution is 2.38. The van der Waals surface area contributed by atoms with Crippen LogP contribution in [0.1, 0.15) is 22.2 Å². The molecule has 4 aromatic rings. The van der Waals surface area contributed by atoms with Crippen molar-refractivity contribution in [3.05, 3.63) is 112 Å². The van der Waals surface area contributed by atoms with Crippen LogP contribution < -0.4 is 5.19 Å². The quantitative estimate of drug-likeness (QED) is 0.127. The number of fused-ring (bicyclic) bond motifs is 2. The smallest absolute Gasteiger partial charge is 0.338 e. The van der Waals surface area contributed by atoms with E-state index in [0.717, 1.165) is 28.5 Å². The number of rotatable bonds is 7. The third kappa shape index (κ3) is 6.23. The van der Waals surface area contributed by atoms with Gasteiger partial charge in [0.1, 0.15) is 18.3 Å². The Morgan fingerprint density at radius 1 is 0.886 bits per heavy atom. The molecule has 2 saturated heterocycles. The molecule has 0 N–H and O–H groups in total. The number of hydrogen-bond donors (Lipinski definition) is 0. The van der Waals surface area contributed by atoms with Gasteiger partial charge < -0.3 is 28.1 Å². The maximum atomic E-state index is 14.4. The van der Waals surface area contributed by atoms with Gasteiger partial charge in [0.15, 0.2) is 30.3 Å². The minimum atomic E-state index is -3.06. The van der Waals surface area contributed by atoms with Crippen molar-refractivity contribution >= 4 is 46.2 Å². The Kier molecular flexibility index (Phi) is 8.98. The van der Waals surface area contributed by atoms with Crippen LogP contribution in [0.4, 0.5) is 8.78 Å². The first kappa shape index (κ1) is 31.0. The summed E-state index contributed by atoms with van der Waals surface area (Å²) in [7, 11) is -1.60. The lowest BCUT2D eigenvalue weighted by Crippen LogP contribution is -2.66. The van der Waals surface area contributed by atoms with Gasteiger partial charge in [-0.25, -0.2) is 13.6 Å². The van der Waals surface area contributed by atoms with Gasteiger partial charge in [0, 0.05) is 17.1 Å². The summed E-state index contributed by atoms with van der Waals surface area (Å²) in [4.78, 5) is 13.8. The van der Waals surface area contributed by atoms with Crippen LogP contribution in [0.5, 0.6) is 0 Å². The molecule has 0 saturated carbocycles. The molecule has 0 spiro atoms. The maximum Gasteiger partial charge on any atom is 0.338 e. The van der Waals surface area contributed by atoms with Crippen molar-refractivity contribution in [2.75, 3.05) is 13.7 Å². The number of methoxy groups -OCH3 is 1. The number of carbonyl (C=O) groups is 1. The van der Waals surface area contributed by atoms with Gasteiger partial charge in [0.25, 0.3) is 0 Å². The van der Waals surface area contributed by atoms with E-state index in [1.165, 1.54) is 7.11 Å². The second kappa shape index (κ2) is 12.8. The average molecular weight is 686 g/mol. The summed E-state index contributed by atoms with van der Waals surface area (Å²) < 4.78 is 66.1. The molecular formula is C33H31BrF2O7Si. The van der Waals surface area contributed by atoms with Crippen LogP contribution in [-0.4, -0.2) is 58.7 Å². The van der Waals surface area contributed by atoms with Crippen LogP contribution in [0.15, 0.2) is 89.4 Å². The van der Waals surface area contributed by atoms with Gasteiger partial charge in [-0.1, -0.05) is 76.6 Å². The van der Waals surface area contributed by atoms with Gasteiger partial charge in [-0.05, 0) is 53.3 Å². The van der Waals surface area contributed by atoms with Crippen molar-refractivity contribution in [1.82, 2.24) is 0 Å². The fraction of sp³-hybridized carbons (Fsp3) is 0.303. The normalized spacial score (nSPS) is 25.4. The van der Waals surface area contributed by atoms with E-state index < -0.39 is 62.9 Å². The van der Waals surface area contributed by atoms with Crippen molar-refractivity contribution in [3.63, 3.8) is 0 Å². The minimum absolute atomic E-state index is 0.149. The summed E-state index contributed by atoms with van der Waals surface area (Å²) in [6.45, 7) is 3.82. The van der Waals surface area contributed by atoms with Crippen LogP contribution in [-0.2, 0) is 28.1 Å². The van der Waals surface area contributed by atoms with Crippen molar-refractivity contribution in [1.29, 1.82) is 0 Å². The van der Waals surface area contributed by atoms with Crippen LogP contribution >= 0.6 is 15.9 Å². The number of benzene rings is 4. The molecule has 6 atom stereocenters. The predicted octanol–water partition coefficient (Wildman–Crippen LogP) is 6.39. The van der Waals surface area contributed by atoms with Gasteiger partial charge >= 0.3 is 5.97 Å². The van der Waals surface area contributed by atoms with Gasteiger partial charge in [-0.2, -0.15) is 0 Å². The second-order valence-corrected chi connectivity index (χ2v) is 15.9. The number of hydrogen-bond acceptors (Lipinski definition) is 7. The van der Waals surface area contributed by atoms with Gasteiger partial charge in [-0.3, -0.25) is 0 Å². The lowest BCUT2D eigenvalue weighted by Gasteiger charge is -2.49. The summed E-state index contributed by atoms with van der Waals surface area (Å²) >= 11 is 3.37. The van der Waals surface area contributed by atoms with E-state index >= 15 is 0 Å². The Morgan fingerprint density at radius 3 is 2.34 bits per heavy atom. The lowest BCUT2D eigenvalue weighted by molar-refractivity contribution is -0.354. The minimum Gasteiger partial charge on any atom is -0.453 e. The van der Waals surface area contributed by atoms with E-state index in [0.29, 0.717) is 15.2 Å². The summed E-state index contributed by atoms with van der Waals surface area (Å²) in [5.41, 5.74) is 1.14. The highest BCUT2D eigenvalue weighted by molar-refractivity contribution is 9.10. The van der Waals surface area contributed by atoms with Crippen molar-refractivity contribution in [2.24, 2.45) is 0 Å². The molecule has 6 rings (SSSR count). The van der Waals surface area contributed by atoms with Crippen molar-refractivity contribution < 1.29 is 41.7 Å². The molecule has 44 heavy (non-hydrogen) atoms. The third-order valence-electron chi connectivity index (χ3n) is 7.91. The van der Waals surface area contributed by atoms with E-state index in [-0.39, 0.29) is 6.61 Å². The summed E-state index contributed by atoms with van der Waals surface area (Å²) in [6.07, 6.45) is -5.16. The molecule has 0 amide bonds. The Balaban J connectivity index is 1.37. The molecule has 2 fully saturated rings. The molecule has 0 aromatic heterocycles. The maximum absolute atomic E-state index is 14.4. The highest BCUT2D eigenvalue weighted by Gasteiger charge is 2.54. The first-order valence-electron chi connectivity index (χ1n) is 14.2. The molecule has 230 valence electrons. The molecule has 0 bridgehead atoms. The molecule has 4 aromatic carbocycles. The van der Waals surface area contributed by atoms with Crippen LogP contribution in [0.3, 0.4) is 0 Å². The van der Waals surface area contributed by atoms with E-state index in [2.05, 4.69) is 15.9 Å². The molecule has 0 unspecified atom stereocenters. The van der Waals surface area contributed by atoms with Crippen molar-refractivity contribution in [2.45, 2.75) is 50.1 Å². The Hall–Kier alpha value is -3.03. The first-order valence-corrected chi connectivity index (χ1v) is 17.9. The third-order valence-corrected chi connectivity index (χ3v) is 11.5. The van der Waals surface area contributed by atoms with E-state index in [1.54, 1.807) is 12.1 Å². The highest BCUT2D eigenvalue weighted by atomic mass is 79.9. The molecular weight excluding hydrogens is 654 g/mol. The topological polar surface area (TPSA) is 72.5 Å². The van der Waals surface area contributed by atoms with Gasteiger partial charge in [0.05, 0.1) is 12.2 Å². The zero-order chi connectivity index (χ0) is 31.0. The molecule has 2 heterocycles. The predicted molar refractivity (Wildman–Crippen MR) is 165 cm³/mol. The zero-order valence-corrected chi connectivity index (χ0v) is 26.8. The molecule has 2 aliphatic rings. The van der Waals surface area contributed by atoms with Gasteiger partial charge in [0.2, 0.25) is 8.32 Å².